The maximum absolute atomic E-state index is 7.68. The maximum atomic E-state index is 7.68. The Morgan fingerprint density at radius 1 is 1.15 bits per heavy atom. The van der Waals surface area contributed by atoms with Crippen molar-refractivity contribution in [3.8, 4) is 11.1 Å². The molecular formula is C19H20N6O. The van der Waals surface area contributed by atoms with Crippen molar-refractivity contribution < 1.29 is 4.74 Å². The summed E-state index contributed by atoms with van der Waals surface area (Å²) in [4.78, 5) is 6.69. The summed E-state index contributed by atoms with van der Waals surface area (Å²) in [6.07, 6.45) is 6.79. The number of hydrogen-bond acceptors (Lipinski definition) is 6. The summed E-state index contributed by atoms with van der Waals surface area (Å²) in [6.45, 7) is 3.14. The molecule has 132 valence electrons. The zero-order valence-electron chi connectivity index (χ0n) is 14.3. The number of anilines is 3. The van der Waals surface area contributed by atoms with Crippen LogP contribution in [0.1, 0.15) is 5.56 Å². The number of hydrogen-bond donors (Lipinski definition) is 3. The van der Waals surface area contributed by atoms with E-state index < -0.39 is 0 Å². The minimum atomic E-state index is 0.726. The number of nitrogens with zero attached hydrogens (tertiary/aromatic N) is 3. The average molecular weight is 348 g/mol. The van der Waals surface area contributed by atoms with Crippen molar-refractivity contribution in [2.24, 2.45) is 0 Å². The number of pyridine rings is 1. The van der Waals surface area contributed by atoms with Gasteiger partial charge in [-0.2, -0.15) is 5.10 Å². The monoisotopic (exact) mass is 348 g/mol. The van der Waals surface area contributed by atoms with Crippen LogP contribution < -0.4 is 10.2 Å². The maximum Gasteiger partial charge on any atom is 0.130 e. The molecule has 1 aliphatic heterocycles. The molecule has 0 radical (unpaired) electrons. The van der Waals surface area contributed by atoms with Gasteiger partial charge in [0, 0.05) is 60.3 Å². The Hall–Kier alpha value is -3.19. The van der Waals surface area contributed by atoms with E-state index >= 15 is 0 Å². The summed E-state index contributed by atoms with van der Waals surface area (Å²) >= 11 is 0. The van der Waals surface area contributed by atoms with E-state index in [0.29, 0.717) is 0 Å². The Labute approximate surface area is 151 Å². The molecule has 0 saturated carbocycles. The highest BCUT2D eigenvalue weighted by molar-refractivity contribution is 5.89. The number of ether oxygens (including phenoxy) is 1. The van der Waals surface area contributed by atoms with Gasteiger partial charge in [0.1, 0.15) is 5.82 Å². The number of benzene rings is 1. The molecule has 0 atom stereocenters. The number of nitrogens with one attached hydrogen (secondary N) is 3. The van der Waals surface area contributed by atoms with Gasteiger partial charge in [-0.1, -0.05) is 12.1 Å². The number of aromatic amines is 1. The first-order valence-electron chi connectivity index (χ1n) is 8.53. The SMILES string of the molecule is N=Cc1ccc(-c2cn[nH]c2)cc1Nc1ccnc(N2CCOCC2)c1. The average Bonchev–Trinajstić information content (AvgIpc) is 3.24. The van der Waals surface area contributed by atoms with E-state index in [2.05, 4.69) is 25.4 Å². The van der Waals surface area contributed by atoms with Crippen LogP contribution in [0.4, 0.5) is 17.2 Å². The standard InChI is InChI=1S/C19H20N6O/c20-11-15-2-1-14(16-12-22-23-13-16)9-18(15)24-17-3-4-21-19(10-17)25-5-7-26-8-6-25/h1-4,9-13,20H,5-8H2,(H,21,24)(H,22,23). The molecule has 26 heavy (non-hydrogen) atoms. The molecule has 3 aromatic rings. The molecule has 1 aliphatic rings. The van der Waals surface area contributed by atoms with Gasteiger partial charge in [0.25, 0.3) is 0 Å². The zero-order valence-corrected chi connectivity index (χ0v) is 14.3. The zero-order chi connectivity index (χ0) is 17.8. The quantitative estimate of drug-likeness (QED) is 0.617. The Bertz CT molecular complexity index is 887. The van der Waals surface area contributed by atoms with Crippen LogP contribution >= 0.6 is 0 Å². The van der Waals surface area contributed by atoms with Crippen LogP contribution in [-0.2, 0) is 4.74 Å². The van der Waals surface area contributed by atoms with Crippen molar-refractivity contribution in [1.82, 2.24) is 15.2 Å². The summed E-state index contributed by atoms with van der Waals surface area (Å²) in [5.41, 5.74) is 4.68. The van der Waals surface area contributed by atoms with Crippen molar-refractivity contribution in [2.45, 2.75) is 0 Å². The van der Waals surface area contributed by atoms with E-state index in [1.807, 2.05) is 36.5 Å². The van der Waals surface area contributed by atoms with Crippen molar-refractivity contribution in [3.05, 3.63) is 54.5 Å². The van der Waals surface area contributed by atoms with Crippen LogP contribution in [0.5, 0.6) is 0 Å². The first-order chi connectivity index (χ1) is 12.8. The van der Waals surface area contributed by atoms with Gasteiger partial charge in [-0.15, -0.1) is 0 Å². The summed E-state index contributed by atoms with van der Waals surface area (Å²) in [5.74, 6) is 0.931. The van der Waals surface area contributed by atoms with Crippen LogP contribution in [0.3, 0.4) is 0 Å². The van der Waals surface area contributed by atoms with Gasteiger partial charge < -0.3 is 20.4 Å². The normalized spacial score (nSPS) is 14.2. The van der Waals surface area contributed by atoms with Crippen LogP contribution in [0, 0.1) is 5.41 Å². The lowest BCUT2D eigenvalue weighted by Gasteiger charge is -2.28. The van der Waals surface area contributed by atoms with Gasteiger partial charge in [-0.25, -0.2) is 4.98 Å². The van der Waals surface area contributed by atoms with Gasteiger partial charge in [-0.05, 0) is 17.7 Å². The third-order valence-electron chi connectivity index (χ3n) is 4.40. The second kappa shape index (κ2) is 7.37. The molecule has 7 nitrogen and oxygen atoms in total. The molecule has 0 aliphatic carbocycles. The third-order valence-corrected chi connectivity index (χ3v) is 4.40. The second-order valence-electron chi connectivity index (χ2n) is 6.06. The van der Waals surface area contributed by atoms with Crippen molar-refractivity contribution in [1.29, 1.82) is 5.41 Å². The summed E-state index contributed by atoms with van der Waals surface area (Å²) in [5, 5.41) is 17.9. The van der Waals surface area contributed by atoms with Gasteiger partial charge in [0.2, 0.25) is 0 Å². The number of aromatic nitrogens is 3. The van der Waals surface area contributed by atoms with E-state index in [-0.39, 0.29) is 0 Å². The molecule has 0 bridgehead atoms. The Kier molecular flexibility index (Phi) is 4.61. The fourth-order valence-corrected chi connectivity index (χ4v) is 3.00. The number of H-pyrrole nitrogens is 1. The molecular weight excluding hydrogens is 328 g/mol. The van der Waals surface area contributed by atoms with E-state index in [1.165, 1.54) is 6.21 Å². The number of rotatable bonds is 5. The van der Waals surface area contributed by atoms with Crippen molar-refractivity contribution >= 4 is 23.4 Å². The molecule has 0 amide bonds. The molecule has 1 saturated heterocycles. The van der Waals surface area contributed by atoms with Crippen LogP contribution in [-0.4, -0.2) is 47.7 Å². The number of morpholine rings is 1. The van der Waals surface area contributed by atoms with E-state index in [0.717, 1.165) is 60.2 Å². The van der Waals surface area contributed by atoms with Crippen molar-refractivity contribution in [3.63, 3.8) is 0 Å². The summed E-state index contributed by atoms with van der Waals surface area (Å²) in [6, 6.07) is 9.91. The Morgan fingerprint density at radius 3 is 2.81 bits per heavy atom. The fraction of sp³-hybridized carbons (Fsp3) is 0.211. The lowest BCUT2D eigenvalue weighted by atomic mass is 10.1. The van der Waals surface area contributed by atoms with E-state index in [4.69, 9.17) is 10.1 Å². The first kappa shape index (κ1) is 16.3. The Balaban J connectivity index is 1.62. The predicted octanol–water partition coefficient (Wildman–Crippen LogP) is 3.05. The molecule has 1 fully saturated rings. The minimum Gasteiger partial charge on any atom is -0.378 e. The van der Waals surface area contributed by atoms with E-state index in [9.17, 15) is 0 Å². The molecule has 0 unspecified atom stereocenters. The fourth-order valence-electron chi connectivity index (χ4n) is 3.00. The van der Waals surface area contributed by atoms with Crippen LogP contribution in [0.2, 0.25) is 0 Å². The summed E-state index contributed by atoms with van der Waals surface area (Å²) in [7, 11) is 0. The Morgan fingerprint density at radius 2 is 2.04 bits per heavy atom. The minimum absolute atomic E-state index is 0.726. The summed E-state index contributed by atoms with van der Waals surface area (Å²) < 4.78 is 5.41. The molecule has 1 aromatic carbocycles. The topological polar surface area (TPSA) is 89.9 Å². The highest BCUT2D eigenvalue weighted by atomic mass is 16.5. The lowest BCUT2D eigenvalue weighted by Crippen LogP contribution is -2.36. The lowest BCUT2D eigenvalue weighted by molar-refractivity contribution is 0.122. The largest absolute Gasteiger partial charge is 0.378 e. The smallest absolute Gasteiger partial charge is 0.130 e. The second-order valence-corrected chi connectivity index (χ2v) is 6.06. The molecule has 7 heteroatoms. The molecule has 3 N–H and O–H groups in total. The third kappa shape index (κ3) is 3.43. The van der Waals surface area contributed by atoms with Gasteiger partial charge in [-0.3, -0.25) is 5.10 Å². The highest BCUT2D eigenvalue weighted by Gasteiger charge is 2.13. The van der Waals surface area contributed by atoms with E-state index in [1.54, 1.807) is 12.4 Å². The predicted molar refractivity (Wildman–Crippen MR) is 102 cm³/mol. The molecule has 4 rings (SSSR count). The molecule has 3 heterocycles. The van der Waals surface area contributed by atoms with Crippen LogP contribution in [0.15, 0.2) is 48.9 Å². The van der Waals surface area contributed by atoms with Crippen molar-refractivity contribution in [2.75, 3.05) is 36.5 Å². The van der Waals surface area contributed by atoms with Crippen LogP contribution in [0.25, 0.3) is 11.1 Å². The van der Waals surface area contributed by atoms with Gasteiger partial charge in [0.15, 0.2) is 0 Å². The van der Waals surface area contributed by atoms with Gasteiger partial charge >= 0.3 is 0 Å². The molecule has 2 aromatic heterocycles. The highest BCUT2D eigenvalue weighted by Crippen LogP contribution is 2.28. The molecule has 0 spiro atoms. The van der Waals surface area contributed by atoms with Gasteiger partial charge in [0.05, 0.1) is 19.4 Å². The first-order valence-corrected chi connectivity index (χ1v) is 8.53.